The maximum absolute atomic E-state index is 13.2. The van der Waals surface area contributed by atoms with Crippen molar-refractivity contribution in [1.82, 2.24) is 15.2 Å². The number of amides is 1. The molecular weight excluding hydrogens is 428 g/mol. The second kappa shape index (κ2) is 9.64. The molecule has 2 saturated heterocycles. The molecule has 3 aliphatic heterocycles. The molecule has 1 aromatic carbocycles. The van der Waals surface area contributed by atoms with Crippen LogP contribution in [0, 0.1) is 5.92 Å². The molecule has 0 saturated carbocycles. The van der Waals surface area contributed by atoms with E-state index < -0.39 is 12.1 Å². The van der Waals surface area contributed by atoms with E-state index in [0.717, 1.165) is 49.6 Å². The first-order valence-electron chi connectivity index (χ1n) is 11.4. The first kappa shape index (κ1) is 21.5. The maximum atomic E-state index is 13.2. The summed E-state index contributed by atoms with van der Waals surface area (Å²) in [6.45, 7) is 5.15. The zero-order chi connectivity index (χ0) is 21.9. The number of hydrogen-bond acceptors (Lipinski definition) is 8. The van der Waals surface area contributed by atoms with E-state index in [2.05, 4.69) is 20.1 Å². The van der Waals surface area contributed by atoms with Crippen molar-refractivity contribution in [1.29, 1.82) is 0 Å². The van der Waals surface area contributed by atoms with Crippen LogP contribution in [0.5, 0.6) is 11.5 Å². The molecule has 3 atom stereocenters. The molecule has 4 heterocycles. The van der Waals surface area contributed by atoms with Crippen LogP contribution in [0.2, 0.25) is 0 Å². The average Bonchev–Trinajstić information content (AvgIpc) is 3.60. The van der Waals surface area contributed by atoms with Crippen LogP contribution in [-0.2, 0) is 4.79 Å². The Morgan fingerprint density at radius 2 is 2.03 bits per heavy atom. The van der Waals surface area contributed by atoms with Gasteiger partial charge in [0.2, 0.25) is 5.91 Å². The lowest BCUT2D eigenvalue weighted by Gasteiger charge is -2.30. The Bertz CT molecular complexity index is 919. The van der Waals surface area contributed by atoms with Crippen molar-refractivity contribution in [3.63, 3.8) is 0 Å². The van der Waals surface area contributed by atoms with E-state index in [9.17, 15) is 9.90 Å². The van der Waals surface area contributed by atoms with E-state index in [0.29, 0.717) is 37.8 Å². The van der Waals surface area contributed by atoms with Crippen molar-refractivity contribution in [2.24, 2.45) is 5.92 Å². The van der Waals surface area contributed by atoms with Crippen molar-refractivity contribution >= 4 is 22.4 Å². The molecule has 1 unspecified atom stereocenters. The Kier molecular flexibility index (Phi) is 6.47. The molecule has 0 spiro atoms. The standard InChI is InChI=1S/C23H30N4O4S/c28-21(16-3-4-19-20(13-16)31-11-10-30-19)18(15-26-7-1-2-8-26)25-22(29)17-5-9-27(14-17)23-24-6-12-32-23/h3-4,6,12-13,17-18,21,28H,1-2,5,7-11,14-15H2,(H,25,29)/t17?,18-,21-/m1/s1. The molecule has 2 fully saturated rings. The highest BCUT2D eigenvalue weighted by Gasteiger charge is 2.33. The highest BCUT2D eigenvalue weighted by Crippen LogP contribution is 2.34. The largest absolute Gasteiger partial charge is 0.486 e. The molecule has 32 heavy (non-hydrogen) atoms. The Hall–Kier alpha value is -2.36. The fraction of sp³-hybridized carbons (Fsp3) is 0.565. The molecule has 172 valence electrons. The van der Waals surface area contributed by atoms with Gasteiger partial charge in [-0.05, 0) is 50.0 Å². The van der Waals surface area contributed by atoms with Crippen molar-refractivity contribution in [3.8, 4) is 11.5 Å². The van der Waals surface area contributed by atoms with Crippen molar-refractivity contribution in [3.05, 3.63) is 35.3 Å². The molecule has 2 N–H and O–H groups in total. The van der Waals surface area contributed by atoms with Crippen molar-refractivity contribution in [2.75, 3.05) is 50.8 Å². The monoisotopic (exact) mass is 458 g/mol. The predicted molar refractivity (Wildman–Crippen MR) is 122 cm³/mol. The van der Waals surface area contributed by atoms with Crippen LogP contribution in [0.4, 0.5) is 5.13 Å². The lowest BCUT2D eigenvalue weighted by Crippen LogP contribution is -2.48. The lowest BCUT2D eigenvalue weighted by molar-refractivity contribution is -0.126. The summed E-state index contributed by atoms with van der Waals surface area (Å²) in [5.41, 5.74) is 0.731. The predicted octanol–water partition coefficient (Wildman–Crippen LogP) is 2.05. The summed E-state index contributed by atoms with van der Waals surface area (Å²) in [6, 6.07) is 5.14. The fourth-order valence-corrected chi connectivity index (χ4v) is 5.44. The molecule has 0 aliphatic carbocycles. The van der Waals surface area contributed by atoms with Gasteiger partial charge in [-0.1, -0.05) is 6.07 Å². The minimum atomic E-state index is -0.827. The highest BCUT2D eigenvalue weighted by atomic mass is 32.1. The second-order valence-electron chi connectivity index (χ2n) is 8.72. The third-order valence-electron chi connectivity index (χ3n) is 6.52. The van der Waals surface area contributed by atoms with Gasteiger partial charge in [0.1, 0.15) is 19.3 Å². The Labute approximate surface area is 192 Å². The fourth-order valence-electron chi connectivity index (χ4n) is 4.76. The number of benzene rings is 1. The number of nitrogens with one attached hydrogen (secondary N) is 1. The van der Waals surface area contributed by atoms with E-state index >= 15 is 0 Å². The number of anilines is 1. The normalized spacial score (nSPS) is 22.7. The number of likely N-dealkylation sites (tertiary alicyclic amines) is 1. The Morgan fingerprint density at radius 1 is 1.22 bits per heavy atom. The summed E-state index contributed by atoms with van der Waals surface area (Å²) in [7, 11) is 0. The number of hydrogen-bond donors (Lipinski definition) is 2. The van der Waals surface area contributed by atoms with Crippen LogP contribution >= 0.6 is 11.3 Å². The summed E-state index contributed by atoms with van der Waals surface area (Å²) in [5, 5.41) is 17.4. The number of nitrogens with zero attached hydrogens (tertiary/aromatic N) is 3. The summed E-state index contributed by atoms with van der Waals surface area (Å²) >= 11 is 1.60. The molecule has 0 bridgehead atoms. The molecule has 5 rings (SSSR count). The number of rotatable bonds is 7. The number of ether oxygens (including phenoxy) is 2. The SMILES string of the molecule is O=C(N[C@H](CN1CCCC1)[C@H](O)c1ccc2c(c1)OCCO2)C1CCN(c2nccs2)C1. The minimum Gasteiger partial charge on any atom is -0.486 e. The van der Waals surface area contributed by atoms with E-state index in [1.807, 2.05) is 23.6 Å². The summed E-state index contributed by atoms with van der Waals surface area (Å²) in [6.07, 6.45) is 4.08. The molecule has 1 amide bonds. The van der Waals surface area contributed by atoms with Gasteiger partial charge in [0.05, 0.1) is 12.0 Å². The van der Waals surface area contributed by atoms with Crippen LogP contribution in [-0.4, -0.2) is 72.9 Å². The number of carbonyl (C=O) groups is 1. The van der Waals surface area contributed by atoms with Gasteiger partial charge in [-0.2, -0.15) is 0 Å². The number of aromatic nitrogens is 1. The first-order chi connectivity index (χ1) is 15.7. The van der Waals surface area contributed by atoms with Gasteiger partial charge < -0.3 is 29.7 Å². The Balaban J connectivity index is 1.29. The molecule has 2 aromatic rings. The molecular formula is C23H30N4O4S. The van der Waals surface area contributed by atoms with E-state index in [1.54, 1.807) is 17.5 Å². The average molecular weight is 459 g/mol. The second-order valence-corrected chi connectivity index (χ2v) is 9.59. The number of carbonyl (C=O) groups excluding carboxylic acids is 1. The third kappa shape index (κ3) is 4.69. The van der Waals surface area contributed by atoms with Gasteiger partial charge in [-0.25, -0.2) is 4.98 Å². The summed E-state index contributed by atoms with van der Waals surface area (Å²) in [5.74, 6) is 1.24. The van der Waals surface area contributed by atoms with Crippen LogP contribution in [0.25, 0.3) is 0 Å². The molecule has 1 aromatic heterocycles. The van der Waals surface area contributed by atoms with E-state index in [-0.39, 0.29) is 11.8 Å². The van der Waals surface area contributed by atoms with Crippen LogP contribution in [0.1, 0.15) is 30.9 Å². The zero-order valence-corrected chi connectivity index (χ0v) is 18.9. The Morgan fingerprint density at radius 3 is 2.81 bits per heavy atom. The summed E-state index contributed by atoms with van der Waals surface area (Å²) in [4.78, 5) is 22.0. The number of aliphatic hydroxyl groups excluding tert-OH is 1. The van der Waals surface area contributed by atoms with E-state index in [1.165, 1.54) is 0 Å². The van der Waals surface area contributed by atoms with Crippen molar-refractivity contribution in [2.45, 2.75) is 31.4 Å². The highest BCUT2D eigenvalue weighted by molar-refractivity contribution is 7.13. The maximum Gasteiger partial charge on any atom is 0.225 e. The third-order valence-corrected chi connectivity index (χ3v) is 7.35. The lowest BCUT2D eigenvalue weighted by atomic mass is 9.99. The van der Waals surface area contributed by atoms with Gasteiger partial charge in [-0.3, -0.25) is 4.79 Å². The first-order valence-corrected chi connectivity index (χ1v) is 12.3. The number of thiazole rings is 1. The van der Waals surface area contributed by atoms with Crippen LogP contribution in [0.15, 0.2) is 29.8 Å². The minimum absolute atomic E-state index is 0.00449. The van der Waals surface area contributed by atoms with Gasteiger partial charge >= 0.3 is 0 Å². The van der Waals surface area contributed by atoms with Crippen LogP contribution < -0.4 is 19.7 Å². The number of fused-ring (bicyclic) bond motifs is 1. The van der Waals surface area contributed by atoms with Crippen molar-refractivity contribution < 1.29 is 19.4 Å². The smallest absolute Gasteiger partial charge is 0.225 e. The van der Waals surface area contributed by atoms with Gasteiger partial charge in [0.25, 0.3) is 0 Å². The molecule has 3 aliphatic rings. The molecule has 0 radical (unpaired) electrons. The van der Waals surface area contributed by atoms with Gasteiger partial charge in [0, 0.05) is 31.2 Å². The molecule has 8 nitrogen and oxygen atoms in total. The summed E-state index contributed by atoms with van der Waals surface area (Å²) < 4.78 is 11.3. The molecule has 9 heteroatoms. The number of aliphatic hydroxyl groups is 1. The topological polar surface area (TPSA) is 87.2 Å². The van der Waals surface area contributed by atoms with Gasteiger partial charge in [0.15, 0.2) is 16.6 Å². The van der Waals surface area contributed by atoms with E-state index in [4.69, 9.17) is 9.47 Å². The van der Waals surface area contributed by atoms with Gasteiger partial charge in [-0.15, -0.1) is 11.3 Å². The zero-order valence-electron chi connectivity index (χ0n) is 18.1. The quantitative estimate of drug-likeness (QED) is 0.657. The van der Waals surface area contributed by atoms with Crippen LogP contribution in [0.3, 0.4) is 0 Å².